The Hall–Kier alpha value is -2.35. The molecule has 0 aliphatic carbocycles. The maximum Gasteiger partial charge on any atom is 0.263 e. The van der Waals surface area contributed by atoms with E-state index in [-0.39, 0.29) is 5.56 Å². The third kappa shape index (κ3) is 1.95. The van der Waals surface area contributed by atoms with Crippen LogP contribution < -0.4 is 5.56 Å². The van der Waals surface area contributed by atoms with Crippen molar-refractivity contribution in [1.29, 1.82) is 0 Å². The molecular weight excluding hydrogens is 234 g/mol. The molecule has 94 valence electrons. The molecule has 0 saturated heterocycles. The third-order valence-corrected chi connectivity index (χ3v) is 3.38. The van der Waals surface area contributed by atoms with Gasteiger partial charge in [0, 0.05) is 16.8 Å². The number of aryl methyl sites for hydroxylation is 1. The van der Waals surface area contributed by atoms with Crippen molar-refractivity contribution in [3.05, 3.63) is 76.7 Å². The highest BCUT2D eigenvalue weighted by Gasteiger charge is 2.08. The quantitative estimate of drug-likeness (QED) is 0.680. The van der Waals surface area contributed by atoms with Gasteiger partial charge in [0.05, 0.1) is 0 Å². The van der Waals surface area contributed by atoms with Crippen LogP contribution >= 0.6 is 0 Å². The molecule has 1 aromatic heterocycles. The van der Waals surface area contributed by atoms with Crippen LogP contribution in [0.15, 0.2) is 65.5 Å². The van der Waals surface area contributed by atoms with Crippen LogP contribution in [0.2, 0.25) is 0 Å². The number of fused-ring (bicyclic) bond motifs is 1. The fraction of sp³-hybridized carbons (Fsp3) is 0.118. The normalized spacial score (nSPS) is 10.8. The maximum atomic E-state index is 12.7. The molecule has 0 spiro atoms. The number of rotatable bonds is 2. The molecule has 0 saturated carbocycles. The van der Waals surface area contributed by atoms with E-state index in [0.29, 0.717) is 0 Å². The van der Waals surface area contributed by atoms with Crippen LogP contribution in [-0.4, -0.2) is 4.57 Å². The van der Waals surface area contributed by atoms with Crippen LogP contribution in [0.5, 0.6) is 0 Å². The van der Waals surface area contributed by atoms with Crippen molar-refractivity contribution >= 4 is 10.8 Å². The van der Waals surface area contributed by atoms with E-state index >= 15 is 0 Å². The van der Waals surface area contributed by atoms with Gasteiger partial charge in [-0.3, -0.25) is 9.36 Å². The van der Waals surface area contributed by atoms with Gasteiger partial charge in [-0.1, -0.05) is 43.3 Å². The molecule has 0 fully saturated rings. The average molecular weight is 249 g/mol. The topological polar surface area (TPSA) is 22.0 Å². The van der Waals surface area contributed by atoms with E-state index in [9.17, 15) is 4.79 Å². The second-order valence-corrected chi connectivity index (χ2v) is 4.55. The Balaban J connectivity index is 2.41. The molecule has 0 radical (unpaired) electrons. The molecule has 2 nitrogen and oxygen atoms in total. The Morgan fingerprint density at radius 3 is 2.37 bits per heavy atom. The molecule has 1 heterocycles. The second kappa shape index (κ2) is 4.73. The molecule has 0 atom stereocenters. The fourth-order valence-electron chi connectivity index (χ4n) is 2.43. The van der Waals surface area contributed by atoms with Gasteiger partial charge in [-0.05, 0) is 36.1 Å². The van der Waals surface area contributed by atoms with Gasteiger partial charge in [0.1, 0.15) is 0 Å². The summed E-state index contributed by atoms with van der Waals surface area (Å²) in [7, 11) is 0. The van der Waals surface area contributed by atoms with Crippen LogP contribution in [-0.2, 0) is 6.42 Å². The predicted octanol–water partition coefficient (Wildman–Crippen LogP) is 3.55. The summed E-state index contributed by atoms with van der Waals surface area (Å²) in [6.45, 7) is 2.07. The summed E-state index contributed by atoms with van der Waals surface area (Å²) >= 11 is 0. The van der Waals surface area contributed by atoms with E-state index in [2.05, 4.69) is 13.0 Å². The van der Waals surface area contributed by atoms with Crippen molar-refractivity contribution in [3.63, 3.8) is 0 Å². The van der Waals surface area contributed by atoms with Crippen molar-refractivity contribution < 1.29 is 0 Å². The lowest BCUT2D eigenvalue weighted by molar-refractivity contribution is 0.889. The van der Waals surface area contributed by atoms with Gasteiger partial charge in [-0.25, -0.2) is 0 Å². The first kappa shape index (κ1) is 11.7. The van der Waals surface area contributed by atoms with Gasteiger partial charge in [-0.15, -0.1) is 0 Å². The number of para-hydroxylation sites is 1. The van der Waals surface area contributed by atoms with E-state index in [1.54, 1.807) is 0 Å². The van der Waals surface area contributed by atoms with Gasteiger partial charge < -0.3 is 0 Å². The summed E-state index contributed by atoms with van der Waals surface area (Å²) < 4.78 is 1.81. The standard InChI is InChI=1S/C17H15NO/c1-2-14-12-13-8-6-7-11-16(13)17(19)18(14)15-9-4-3-5-10-15/h3-12H,2H2,1H3. The molecule has 0 unspecified atom stereocenters. The minimum Gasteiger partial charge on any atom is -0.281 e. The van der Waals surface area contributed by atoms with Crippen molar-refractivity contribution in [1.82, 2.24) is 4.57 Å². The van der Waals surface area contributed by atoms with Crippen LogP contribution in [0, 0.1) is 0 Å². The highest BCUT2D eigenvalue weighted by atomic mass is 16.1. The van der Waals surface area contributed by atoms with Gasteiger partial charge >= 0.3 is 0 Å². The number of hydrogen-bond acceptors (Lipinski definition) is 1. The lowest BCUT2D eigenvalue weighted by Gasteiger charge is -2.13. The molecule has 2 aromatic carbocycles. The SMILES string of the molecule is CCc1cc2ccccc2c(=O)n1-c1ccccc1. The molecule has 3 aromatic rings. The van der Waals surface area contributed by atoms with E-state index in [1.165, 1.54) is 0 Å². The van der Waals surface area contributed by atoms with Crippen LogP contribution in [0.3, 0.4) is 0 Å². The molecule has 0 aliphatic heterocycles. The monoisotopic (exact) mass is 249 g/mol. The summed E-state index contributed by atoms with van der Waals surface area (Å²) in [5, 5.41) is 1.78. The molecule has 2 heteroatoms. The average Bonchev–Trinajstić information content (AvgIpc) is 2.48. The zero-order valence-corrected chi connectivity index (χ0v) is 10.8. The minimum absolute atomic E-state index is 0.0566. The highest BCUT2D eigenvalue weighted by Crippen LogP contribution is 2.16. The summed E-state index contributed by atoms with van der Waals surface area (Å²) in [6, 6.07) is 19.7. The first-order valence-corrected chi connectivity index (χ1v) is 6.50. The number of aromatic nitrogens is 1. The summed E-state index contributed by atoms with van der Waals surface area (Å²) in [5.74, 6) is 0. The van der Waals surface area contributed by atoms with Crippen LogP contribution in [0.25, 0.3) is 16.5 Å². The molecule has 0 N–H and O–H groups in total. The Morgan fingerprint density at radius 2 is 1.63 bits per heavy atom. The first-order valence-electron chi connectivity index (χ1n) is 6.50. The Kier molecular flexibility index (Phi) is 2.92. The van der Waals surface area contributed by atoms with Gasteiger partial charge in [0.25, 0.3) is 5.56 Å². The van der Waals surface area contributed by atoms with E-state index < -0.39 is 0 Å². The largest absolute Gasteiger partial charge is 0.281 e. The van der Waals surface area contributed by atoms with E-state index in [1.807, 2.05) is 59.2 Å². The lowest BCUT2D eigenvalue weighted by Crippen LogP contribution is -2.21. The predicted molar refractivity (Wildman–Crippen MR) is 78.9 cm³/mol. The second-order valence-electron chi connectivity index (χ2n) is 4.55. The third-order valence-electron chi connectivity index (χ3n) is 3.38. The van der Waals surface area contributed by atoms with Crippen molar-refractivity contribution in [2.45, 2.75) is 13.3 Å². The zero-order chi connectivity index (χ0) is 13.2. The van der Waals surface area contributed by atoms with Gasteiger partial charge in [-0.2, -0.15) is 0 Å². The molecular formula is C17H15NO. The first-order chi connectivity index (χ1) is 9.31. The van der Waals surface area contributed by atoms with Gasteiger partial charge in [0.15, 0.2) is 0 Å². The number of pyridine rings is 1. The van der Waals surface area contributed by atoms with Crippen molar-refractivity contribution in [2.75, 3.05) is 0 Å². The van der Waals surface area contributed by atoms with Crippen LogP contribution in [0.4, 0.5) is 0 Å². The van der Waals surface area contributed by atoms with Gasteiger partial charge in [0.2, 0.25) is 0 Å². The fourth-order valence-corrected chi connectivity index (χ4v) is 2.43. The number of nitrogens with zero attached hydrogens (tertiary/aromatic N) is 1. The number of hydrogen-bond donors (Lipinski definition) is 0. The summed E-state index contributed by atoms with van der Waals surface area (Å²) in [6.07, 6.45) is 0.828. The number of benzene rings is 2. The highest BCUT2D eigenvalue weighted by molar-refractivity contribution is 5.82. The maximum absolute atomic E-state index is 12.7. The zero-order valence-electron chi connectivity index (χ0n) is 10.8. The Bertz CT molecular complexity index is 772. The Labute approximate surface area is 111 Å². The summed E-state index contributed by atoms with van der Waals surface area (Å²) in [4.78, 5) is 12.7. The molecule has 0 aliphatic rings. The van der Waals surface area contributed by atoms with Crippen LogP contribution in [0.1, 0.15) is 12.6 Å². The molecule has 0 bridgehead atoms. The smallest absolute Gasteiger partial charge is 0.263 e. The minimum atomic E-state index is 0.0566. The lowest BCUT2D eigenvalue weighted by atomic mass is 10.1. The van der Waals surface area contributed by atoms with Crippen molar-refractivity contribution in [2.24, 2.45) is 0 Å². The van der Waals surface area contributed by atoms with Crippen molar-refractivity contribution in [3.8, 4) is 5.69 Å². The Morgan fingerprint density at radius 1 is 0.947 bits per heavy atom. The molecule has 0 amide bonds. The summed E-state index contributed by atoms with van der Waals surface area (Å²) in [5.41, 5.74) is 2.02. The van der Waals surface area contributed by atoms with E-state index in [4.69, 9.17) is 0 Å². The molecule has 19 heavy (non-hydrogen) atoms. The molecule has 3 rings (SSSR count). The van der Waals surface area contributed by atoms with E-state index in [0.717, 1.165) is 28.6 Å².